The maximum atomic E-state index is 12.1. The Morgan fingerprint density at radius 1 is 1.53 bits per heavy atom. The van der Waals surface area contributed by atoms with Crippen LogP contribution in [-0.2, 0) is 9.53 Å². The fourth-order valence-corrected chi connectivity index (χ4v) is 1.81. The lowest BCUT2D eigenvalue weighted by atomic mass is 9.90. The van der Waals surface area contributed by atoms with E-state index in [2.05, 4.69) is 6.58 Å². The van der Waals surface area contributed by atoms with Gasteiger partial charge < -0.3 is 15.4 Å². The molecule has 1 fully saturated rings. The Morgan fingerprint density at radius 3 is 2.53 bits per heavy atom. The van der Waals surface area contributed by atoms with Gasteiger partial charge in [-0.25, -0.2) is 0 Å². The lowest BCUT2D eigenvalue weighted by molar-refractivity contribution is -0.138. The van der Waals surface area contributed by atoms with Crippen molar-refractivity contribution in [2.45, 2.75) is 25.3 Å². The number of nitrogens with two attached hydrogens (primary N) is 1. The summed E-state index contributed by atoms with van der Waals surface area (Å²) in [6.45, 7) is 7.40. The molecule has 0 bridgehead atoms. The zero-order valence-electron chi connectivity index (χ0n) is 9.58. The van der Waals surface area contributed by atoms with Crippen LogP contribution >= 0.6 is 0 Å². The highest BCUT2D eigenvalue weighted by Gasteiger charge is 2.37. The lowest BCUT2D eigenvalue weighted by Crippen LogP contribution is -2.57. The molecule has 0 unspecified atom stereocenters. The summed E-state index contributed by atoms with van der Waals surface area (Å²) in [6.07, 6.45) is 1.21. The van der Waals surface area contributed by atoms with E-state index >= 15 is 0 Å². The topological polar surface area (TPSA) is 55.6 Å². The molecule has 1 heterocycles. The standard InChI is InChI=1S/C11H20N2O2/c1-9(2)8-13(3)10(14)11(12)4-6-15-7-5-11/h1,4-8,12H2,2-3H3. The second-order valence-corrected chi connectivity index (χ2v) is 4.39. The van der Waals surface area contributed by atoms with Crippen molar-refractivity contribution in [1.29, 1.82) is 0 Å². The molecule has 0 radical (unpaired) electrons. The Hall–Kier alpha value is -0.870. The van der Waals surface area contributed by atoms with Crippen LogP contribution in [0.15, 0.2) is 12.2 Å². The SMILES string of the molecule is C=C(C)CN(C)C(=O)C1(N)CCOCC1. The summed E-state index contributed by atoms with van der Waals surface area (Å²) >= 11 is 0. The van der Waals surface area contributed by atoms with Crippen LogP contribution in [0.25, 0.3) is 0 Å². The minimum absolute atomic E-state index is 0.00574. The van der Waals surface area contributed by atoms with Gasteiger partial charge in [-0.05, 0) is 19.8 Å². The van der Waals surface area contributed by atoms with Crippen molar-refractivity contribution in [2.75, 3.05) is 26.8 Å². The molecule has 15 heavy (non-hydrogen) atoms. The van der Waals surface area contributed by atoms with E-state index in [1.165, 1.54) is 0 Å². The second kappa shape index (κ2) is 4.77. The summed E-state index contributed by atoms with van der Waals surface area (Å²) in [7, 11) is 1.76. The Kier molecular flexibility index (Phi) is 3.88. The van der Waals surface area contributed by atoms with E-state index in [0.717, 1.165) is 5.57 Å². The van der Waals surface area contributed by atoms with Gasteiger partial charge in [-0.3, -0.25) is 4.79 Å². The minimum Gasteiger partial charge on any atom is -0.381 e. The van der Waals surface area contributed by atoms with E-state index in [4.69, 9.17) is 10.5 Å². The zero-order chi connectivity index (χ0) is 11.5. The Bertz CT molecular complexity index is 257. The first-order valence-electron chi connectivity index (χ1n) is 5.22. The van der Waals surface area contributed by atoms with Crippen LogP contribution in [0, 0.1) is 0 Å². The van der Waals surface area contributed by atoms with Crippen LogP contribution in [0.5, 0.6) is 0 Å². The fourth-order valence-electron chi connectivity index (χ4n) is 1.81. The highest BCUT2D eigenvalue weighted by Crippen LogP contribution is 2.20. The molecule has 1 amide bonds. The third kappa shape index (κ3) is 3.04. The van der Waals surface area contributed by atoms with Crippen molar-refractivity contribution in [3.63, 3.8) is 0 Å². The van der Waals surface area contributed by atoms with E-state index < -0.39 is 5.54 Å². The van der Waals surface area contributed by atoms with E-state index in [9.17, 15) is 4.79 Å². The van der Waals surface area contributed by atoms with Gasteiger partial charge in [-0.1, -0.05) is 12.2 Å². The van der Waals surface area contributed by atoms with Gasteiger partial charge in [0.15, 0.2) is 0 Å². The second-order valence-electron chi connectivity index (χ2n) is 4.39. The number of ether oxygens (including phenoxy) is 1. The summed E-state index contributed by atoms with van der Waals surface area (Å²) in [5, 5.41) is 0. The molecule has 2 N–H and O–H groups in total. The summed E-state index contributed by atoms with van der Waals surface area (Å²) in [4.78, 5) is 13.7. The number of rotatable bonds is 3. The number of hydrogen-bond donors (Lipinski definition) is 1. The highest BCUT2D eigenvalue weighted by atomic mass is 16.5. The zero-order valence-corrected chi connectivity index (χ0v) is 9.58. The van der Waals surface area contributed by atoms with Crippen LogP contribution in [0.3, 0.4) is 0 Å². The Morgan fingerprint density at radius 2 is 2.07 bits per heavy atom. The molecule has 1 rings (SSSR count). The van der Waals surface area contributed by atoms with Crippen LogP contribution < -0.4 is 5.73 Å². The largest absolute Gasteiger partial charge is 0.381 e. The Labute approximate surface area is 91.1 Å². The first-order chi connectivity index (χ1) is 6.96. The predicted octanol–water partition coefficient (Wildman–Crippen LogP) is 0.529. The molecule has 4 heteroatoms. The molecule has 1 aliphatic heterocycles. The number of carbonyl (C=O) groups is 1. The normalized spacial score (nSPS) is 19.7. The molecule has 4 nitrogen and oxygen atoms in total. The first kappa shape index (κ1) is 12.2. The number of hydrogen-bond acceptors (Lipinski definition) is 3. The predicted molar refractivity (Wildman–Crippen MR) is 59.4 cm³/mol. The number of nitrogens with zero attached hydrogens (tertiary/aromatic N) is 1. The molecule has 0 aromatic heterocycles. The van der Waals surface area contributed by atoms with Gasteiger partial charge in [-0.15, -0.1) is 0 Å². The van der Waals surface area contributed by atoms with Crippen molar-refractivity contribution in [3.8, 4) is 0 Å². The van der Waals surface area contributed by atoms with Crippen LogP contribution in [0.2, 0.25) is 0 Å². The molecular weight excluding hydrogens is 192 g/mol. The lowest BCUT2D eigenvalue weighted by Gasteiger charge is -2.35. The molecule has 86 valence electrons. The molecule has 0 saturated carbocycles. The molecule has 0 aromatic carbocycles. The van der Waals surface area contributed by atoms with Crippen molar-refractivity contribution in [3.05, 3.63) is 12.2 Å². The highest BCUT2D eigenvalue weighted by molar-refractivity contribution is 5.86. The van der Waals surface area contributed by atoms with E-state index in [1.807, 2.05) is 6.92 Å². The average molecular weight is 212 g/mol. The third-order valence-electron chi connectivity index (χ3n) is 2.66. The monoisotopic (exact) mass is 212 g/mol. The van der Waals surface area contributed by atoms with Gasteiger partial charge in [0.1, 0.15) is 0 Å². The smallest absolute Gasteiger partial charge is 0.242 e. The van der Waals surface area contributed by atoms with Crippen molar-refractivity contribution in [1.82, 2.24) is 4.90 Å². The molecule has 1 saturated heterocycles. The third-order valence-corrected chi connectivity index (χ3v) is 2.66. The molecule has 0 aromatic rings. The van der Waals surface area contributed by atoms with E-state index in [1.54, 1.807) is 11.9 Å². The van der Waals surface area contributed by atoms with Crippen LogP contribution in [0.1, 0.15) is 19.8 Å². The van der Waals surface area contributed by atoms with E-state index in [0.29, 0.717) is 32.6 Å². The molecule has 0 spiro atoms. The summed E-state index contributed by atoms with van der Waals surface area (Å²) < 4.78 is 5.21. The maximum Gasteiger partial charge on any atom is 0.242 e. The fraction of sp³-hybridized carbons (Fsp3) is 0.727. The van der Waals surface area contributed by atoms with Gasteiger partial charge in [0.2, 0.25) is 5.91 Å². The first-order valence-corrected chi connectivity index (χ1v) is 5.22. The summed E-state index contributed by atoms with van der Waals surface area (Å²) in [5.41, 5.74) is 6.30. The van der Waals surface area contributed by atoms with Crippen LogP contribution in [0.4, 0.5) is 0 Å². The minimum atomic E-state index is -0.734. The summed E-state index contributed by atoms with van der Waals surface area (Å²) in [5.74, 6) is -0.00574. The van der Waals surface area contributed by atoms with Crippen molar-refractivity contribution < 1.29 is 9.53 Å². The molecular formula is C11H20N2O2. The molecule has 0 atom stereocenters. The average Bonchev–Trinajstić information content (AvgIpc) is 2.16. The van der Waals surface area contributed by atoms with Gasteiger partial charge >= 0.3 is 0 Å². The van der Waals surface area contributed by atoms with E-state index in [-0.39, 0.29) is 5.91 Å². The molecule has 1 aliphatic rings. The van der Waals surface area contributed by atoms with Gasteiger partial charge in [0.05, 0.1) is 5.54 Å². The van der Waals surface area contributed by atoms with Crippen molar-refractivity contribution >= 4 is 5.91 Å². The van der Waals surface area contributed by atoms with Gasteiger partial charge in [-0.2, -0.15) is 0 Å². The number of likely N-dealkylation sites (N-methyl/N-ethyl adjacent to an activating group) is 1. The Balaban J connectivity index is 2.61. The van der Waals surface area contributed by atoms with Gasteiger partial charge in [0.25, 0.3) is 0 Å². The van der Waals surface area contributed by atoms with Gasteiger partial charge in [0, 0.05) is 26.8 Å². The number of amides is 1. The number of carbonyl (C=O) groups excluding carboxylic acids is 1. The summed E-state index contributed by atoms with van der Waals surface area (Å²) in [6, 6.07) is 0. The van der Waals surface area contributed by atoms with Crippen LogP contribution in [-0.4, -0.2) is 43.2 Å². The van der Waals surface area contributed by atoms with Crippen molar-refractivity contribution in [2.24, 2.45) is 5.73 Å². The maximum absolute atomic E-state index is 12.1. The quantitative estimate of drug-likeness (QED) is 0.694. The molecule has 0 aliphatic carbocycles.